The molecule has 0 aliphatic carbocycles. The van der Waals surface area contributed by atoms with Crippen LogP contribution in [0.5, 0.6) is 0 Å². The predicted octanol–water partition coefficient (Wildman–Crippen LogP) is 1.24. The number of imidazole rings is 1. The molecule has 0 aromatic carbocycles. The van der Waals surface area contributed by atoms with Crippen LogP contribution in [0, 0.1) is 0 Å². The highest BCUT2D eigenvalue weighted by molar-refractivity contribution is 5.85. The van der Waals surface area contributed by atoms with E-state index in [1.165, 1.54) is 19.4 Å². The summed E-state index contributed by atoms with van der Waals surface area (Å²) in [7, 11) is 1.38. The SMILES string of the molecule is Cl.Cn1ccnc1C(O)(CCNC(=O)CC1CCCN1)C(F)(F)F. The molecule has 1 aliphatic heterocycles. The molecular weight excluding hydrogens is 349 g/mol. The number of aliphatic hydroxyl groups is 1. The maximum atomic E-state index is 13.3. The number of nitrogens with zero attached hydrogens (tertiary/aromatic N) is 2. The van der Waals surface area contributed by atoms with Gasteiger partial charge in [0.25, 0.3) is 0 Å². The van der Waals surface area contributed by atoms with Crippen LogP contribution in [0.25, 0.3) is 0 Å². The van der Waals surface area contributed by atoms with Gasteiger partial charge in [0.05, 0.1) is 0 Å². The lowest BCUT2D eigenvalue weighted by molar-refractivity contribution is -0.272. The number of rotatable bonds is 6. The van der Waals surface area contributed by atoms with Crippen LogP contribution >= 0.6 is 12.4 Å². The van der Waals surface area contributed by atoms with E-state index in [1.54, 1.807) is 0 Å². The molecule has 2 heterocycles. The number of aromatic nitrogens is 2. The summed E-state index contributed by atoms with van der Waals surface area (Å²) < 4.78 is 40.9. The van der Waals surface area contributed by atoms with Gasteiger partial charge in [0, 0.05) is 44.9 Å². The fourth-order valence-corrected chi connectivity index (χ4v) is 2.75. The first-order chi connectivity index (χ1) is 10.7. The van der Waals surface area contributed by atoms with Gasteiger partial charge in [-0.25, -0.2) is 4.98 Å². The van der Waals surface area contributed by atoms with Gasteiger partial charge in [0.1, 0.15) is 5.82 Å². The molecular formula is C14H22ClF3N4O2. The van der Waals surface area contributed by atoms with E-state index in [2.05, 4.69) is 15.6 Å². The Balaban J connectivity index is 0.00000288. The molecule has 6 nitrogen and oxygen atoms in total. The zero-order chi connectivity index (χ0) is 17.1. The summed E-state index contributed by atoms with van der Waals surface area (Å²) in [5.74, 6) is -0.814. The average molecular weight is 371 g/mol. The van der Waals surface area contributed by atoms with Crippen molar-refractivity contribution >= 4 is 18.3 Å². The minimum absolute atomic E-state index is 0. The number of nitrogens with one attached hydrogen (secondary N) is 2. The zero-order valence-electron chi connectivity index (χ0n) is 13.3. The molecule has 2 rings (SSSR count). The van der Waals surface area contributed by atoms with Crippen LogP contribution in [-0.4, -0.2) is 45.9 Å². The number of carbonyl (C=O) groups excluding carboxylic acids is 1. The molecule has 2 atom stereocenters. The summed E-state index contributed by atoms with van der Waals surface area (Å²) in [6.45, 7) is 0.569. The molecule has 1 aliphatic rings. The number of halogens is 4. The monoisotopic (exact) mass is 370 g/mol. The molecule has 1 aromatic heterocycles. The summed E-state index contributed by atoms with van der Waals surface area (Å²) in [5, 5.41) is 15.7. The van der Waals surface area contributed by atoms with E-state index in [0.717, 1.165) is 24.0 Å². The molecule has 0 bridgehead atoms. The van der Waals surface area contributed by atoms with Gasteiger partial charge in [-0.1, -0.05) is 0 Å². The van der Waals surface area contributed by atoms with Crippen molar-refractivity contribution in [1.29, 1.82) is 0 Å². The Morgan fingerprint density at radius 1 is 1.54 bits per heavy atom. The normalized spacial score (nSPS) is 20.3. The van der Waals surface area contributed by atoms with Crippen molar-refractivity contribution in [3.63, 3.8) is 0 Å². The van der Waals surface area contributed by atoms with E-state index in [-0.39, 0.29) is 37.3 Å². The maximum Gasteiger partial charge on any atom is 0.424 e. The van der Waals surface area contributed by atoms with Crippen molar-refractivity contribution in [3.05, 3.63) is 18.2 Å². The first-order valence-corrected chi connectivity index (χ1v) is 7.51. The number of hydrogen-bond acceptors (Lipinski definition) is 4. The van der Waals surface area contributed by atoms with Gasteiger partial charge in [-0.3, -0.25) is 4.79 Å². The number of aryl methyl sites for hydroxylation is 1. The molecule has 1 aromatic rings. The Bertz CT molecular complexity index is 546. The van der Waals surface area contributed by atoms with E-state index in [4.69, 9.17) is 0 Å². The summed E-state index contributed by atoms with van der Waals surface area (Å²) in [5.41, 5.74) is -3.09. The Kier molecular flexibility index (Phi) is 7.06. The van der Waals surface area contributed by atoms with Gasteiger partial charge in [-0.15, -0.1) is 12.4 Å². The van der Waals surface area contributed by atoms with Crippen molar-refractivity contribution in [2.45, 2.75) is 43.5 Å². The predicted molar refractivity (Wildman–Crippen MR) is 83.7 cm³/mol. The summed E-state index contributed by atoms with van der Waals surface area (Å²) >= 11 is 0. The van der Waals surface area contributed by atoms with Crippen molar-refractivity contribution < 1.29 is 23.1 Å². The van der Waals surface area contributed by atoms with Crippen molar-refractivity contribution in [2.24, 2.45) is 7.05 Å². The van der Waals surface area contributed by atoms with Crippen molar-refractivity contribution in [3.8, 4) is 0 Å². The average Bonchev–Trinajstić information content (AvgIpc) is 3.08. The third kappa shape index (κ3) is 4.61. The molecule has 10 heteroatoms. The summed E-state index contributed by atoms with van der Waals surface area (Å²) in [6, 6.07) is 0.0750. The van der Waals surface area contributed by atoms with Crippen LogP contribution in [0.15, 0.2) is 12.4 Å². The van der Waals surface area contributed by atoms with Crippen LogP contribution in [0.1, 0.15) is 31.5 Å². The minimum Gasteiger partial charge on any atom is -0.374 e. The lowest BCUT2D eigenvalue weighted by Gasteiger charge is -2.30. The quantitative estimate of drug-likeness (QED) is 0.704. The highest BCUT2D eigenvalue weighted by Crippen LogP contribution is 2.40. The minimum atomic E-state index is -4.89. The number of hydrogen-bond donors (Lipinski definition) is 3. The Hall–Kier alpha value is -1.32. The molecule has 0 saturated carbocycles. The fourth-order valence-electron chi connectivity index (χ4n) is 2.75. The van der Waals surface area contributed by atoms with Gasteiger partial charge in [0.15, 0.2) is 0 Å². The second-order valence-corrected chi connectivity index (χ2v) is 5.82. The van der Waals surface area contributed by atoms with Gasteiger partial charge < -0.3 is 20.3 Å². The zero-order valence-corrected chi connectivity index (χ0v) is 14.1. The maximum absolute atomic E-state index is 13.3. The van der Waals surface area contributed by atoms with E-state index in [1.807, 2.05) is 0 Å². The smallest absolute Gasteiger partial charge is 0.374 e. The molecule has 24 heavy (non-hydrogen) atoms. The van der Waals surface area contributed by atoms with Crippen LogP contribution in [0.4, 0.5) is 13.2 Å². The van der Waals surface area contributed by atoms with Crippen LogP contribution in [-0.2, 0) is 17.4 Å². The topological polar surface area (TPSA) is 79.2 Å². The van der Waals surface area contributed by atoms with Crippen molar-refractivity contribution in [2.75, 3.05) is 13.1 Å². The fraction of sp³-hybridized carbons (Fsp3) is 0.714. The van der Waals surface area contributed by atoms with Crippen LogP contribution in [0.2, 0.25) is 0 Å². The highest BCUT2D eigenvalue weighted by Gasteiger charge is 2.57. The molecule has 1 saturated heterocycles. The van der Waals surface area contributed by atoms with Gasteiger partial charge in [0.2, 0.25) is 11.5 Å². The van der Waals surface area contributed by atoms with Gasteiger partial charge >= 0.3 is 6.18 Å². The third-order valence-corrected chi connectivity index (χ3v) is 4.06. The number of amides is 1. The highest BCUT2D eigenvalue weighted by atomic mass is 35.5. The second-order valence-electron chi connectivity index (χ2n) is 5.82. The van der Waals surface area contributed by atoms with E-state index in [0.29, 0.717) is 0 Å². The van der Waals surface area contributed by atoms with Crippen molar-refractivity contribution in [1.82, 2.24) is 20.2 Å². The van der Waals surface area contributed by atoms with Crippen LogP contribution in [0.3, 0.4) is 0 Å². The number of alkyl halides is 3. The first kappa shape index (κ1) is 20.7. The Labute approximate surface area is 144 Å². The lowest BCUT2D eigenvalue weighted by Crippen LogP contribution is -2.47. The second kappa shape index (κ2) is 8.17. The molecule has 2 unspecified atom stereocenters. The number of carbonyl (C=O) groups is 1. The third-order valence-electron chi connectivity index (χ3n) is 4.06. The largest absolute Gasteiger partial charge is 0.424 e. The lowest BCUT2D eigenvalue weighted by atomic mass is 9.97. The van der Waals surface area contributed by atoms with E-state index >= 15 is 0 Å². The first-order valence-electron chi connectivity index (χ1n) is 7.51. The molecule has 3 N–H and O–H groups in total. The summed E-state index contributed by atoms with van der Waals surface area (Å²) in [6.07, 6.45) is -0.952. The molecule has 1 fully saturated rings. The van der Waals surface area contributed by atoms with Gasteiger partial charge in [-0.05, 0) is 19.4 Å². The summed E-state index contributed by atoms with van der Waals surface area (Å²) in [4.78, 5) is 15.4. The van der Waals surface area contributed by atoms with Gasteiger partial charge in [-0.2, -0.15) is 13.2 Å². The Morgan fingerprint density at radius 2 is 2.25 bits per heavy atom. The Morgan fingerprint density at radius 3 is 2.75 bits per heavy atom. The standard InChI is InChI=1S/C14H21F3N4O2.ClH/c1-21-8-7-20-12(21)13(23,14(15,16)17)4-6-19-11(22)9-10-3-2-5-18-10;/h7-8,10,18,23H,2-6,9H2,1H3,(H,19,22);1H. The molecule has 0 radical (unpaired) electrons. The van der Waals surface area contributed by atoms with E-state index < -0.39 is 24.0 Å². The molecule has 138 valence electrons. The van der Waals surface area contributed by atoms with Crippen LogP contribution < -0.4 is 10.6 Å². The molecule has 1 amide bonds. The van der Waals surface area contributed by atoms with E-state index in [9.17, 15) is 23.1 Å². The molecule has 0 spiro atoms.